The predicted molar refractivity (Wildman–Crippen MR) is 125 cm³/mol. The first-order chi connectivity index (χ1) is 15.0. The van der Waals surface area contributed by atoms with Crippen LogP contribution in [0.3, 0.4) is 0 Å². The van der Waals surface area contributed by atoms with Crippen molar-refractivity contribution in [1.82, 2.24) is 4.90 Å². The first kappa shape index (κ1) is 21.6. The molecule has 160 valence electrons. The maximum atomic E-state index is 12.7. The van der Waals surface area contributed by atoms with E-state index in [1.165, 1.54) is 0 Å². The van der Waals surface area contributed by atoms with Crippen molar-refractivity contribution < 1.29 is 19.1 Å². The molecule has 4 rings (SSSR count). The van der Waals surface area contributed by atoms with Gasteiger partial charge >= 0.3 is 0 Å². The average Bonchev–Trinajstić information content (AvgIpc) is 3.04. The molecular formula is C22H20BrN3O4S. The Balaban J connectivity index is 1.39. The molecule has 7 nitrogen and oxygen atoms in total. The van der Waals surface area contributed by atoms with E-state index >= 15 is 0 Å². The van der Waals surface area contributed by atoms with Crippen LogP contribution in [0.4, 0.5) is 16.2 Å². The summed E-state index contributed by atoms with van der Waals surface area (Å²) < 4.78 is 6.26. The van der Waals surface area contributed by atoms with Crippen LogP contribution in [0.1, 0.15) is 5.56 Å². The minimum atomic E-state index is -0.460. The van der Waals surface area contributed by atoms with Gasteiger partial charge in [0.05, 0.1) is 18.1 Å². The molecule has 0 radical (unpaired) electrons. The Kier molecular flexibility index (Phi) is 6.74. The third kappa shape index (κ3) is 5.36. The minimum absolute atomic E-state index is 0.306. The van der Waals surface area contributed by atoms with Crippen LogP contribution in [-0.4, -0.2) is 54.8 Å². The van der Waals surface area contributed by atoms with E-state index in [2.05, 4.69) is 26.1 Å². The van der Waals surface area contributed by atoms with Crippen molar-refractivity contribution in [2.45, 2.75) is 0 Å². The molecule has 0 unspecified atom stereocenters. The van der Waals surface area contributed by atoms with Crippen LogP contribution >= 0.6 is 27.7 Å². The van der Waals surface area contributed by atoms with Gasteiger partial charge in [0.15, 0.2) is 0 Å². The zero-order valence-electron chi connectivity index (χ0n) is 16.5. The Morgan fingerprint density at radius 3 is 2.42 bits per heavy atom. The van der Waals surface area contributed by atoms with Crippen molar-refractivity contribution in [1.29, 1.82) is 0 Å². The fourth-order valence-electron chi connectivity index (χ4n) is 3.27. The fraction of sp³-hybridized carbons (Fsp3) is 0.227. The van der Waals surface area contributed by atoms with E-state index in [1.54, 1.807) is 30.3 Å². The highest BCUT2D eigenvalue weighted by Crippen LogP contribution is 2.32. The molecule has 1 N–H and O–H groups in total. The third-order valence-corrected chi connectivity index (χ3v) is 6.31. The first-order valence-corrected chi connectivity index (χ1v) is 11.3. The maximum Gasteiger partial charge on any atom is 0.294 e. The average molecular weight is 502 g/mol. The largest absolute Gasteiger partial charge is 0.378 e. The topological polar surface area (TPSA) is 79.0 Å². The Labute approximate surface area is 192 Å². The van der Waals surface area contributed by atoms with Gasteiger partial charge in [0.25, 0.3) is 11.1 Å². The summed E-state index contributed by atoms with van der Waals surface area (Å²) in [6.45, 7) is 2.80. The van der Waals surface area contributed by atoms with Crippen LogP contribution in [-0.2, 0) is 14.3 Å². The molecule has 31 heavy (non-hydrogen) atoms. The van der Waals surface area contributed by atoms with Crippen molar-refractivity contribution in [3.8, 4) is 0 Å². The smallest absolute Gasteiger partial charge is 0.294 e. The van der Waals surface area contributed by atoms with Gasteiger partial charge in [0, 0.05) is 28.9 Å². The van der Waals surface area contributed by atoms with Crippen LogP contribution in [0.15, 0.2) is 57.9 Å². The highest BCUT2D eigenvalue weighted by atomic mass is 79.9. The summed E-state index contributed by atoms with van der Waals surface area (Å²) in [5.41, 5.74) is 2.51. The summed E-state index contributed by atoms with van der Waals surface area (Å²) in [7, 11) is 0. The molecule has 2 aromatic carbocycles. The van der Waals surface area contributed by atoms with Crippen LogP contribution in [0.2, 0.25) is 0 Å². The number of hydrogen-bond donors (Lipinski definition) is 1. The van der Waals surface area contributed by atoms with Gasteiger partial charge in [-0.25, -0.2) is 0 Å². The summed E-state index contributed by atoms with van der Waals surface area (Å²) in [4.78, 5) is 40.8. The second-order valence-electron chi connectivity index (χ2n) is 7.01. The van der Waals surface area contributed by atoms with Gasteiger partial charge in [-0.1, -0.05) is 28.1 Å². The second-order valence-corrected chi connectivity index (χ2v) is 8.92. The second kappa shape index (κ2) is 9.67. The number of amides is 3. The molecule has 2 fully saturated rings. The molecule has 2 aliphatic rings. The van der Waals surface area contributed by atoms with Crippen LogP contribution in [0.5, 0.6) is 0 Å². The van der Waals surface area contributed by atoms with Gasteiger partial charge in [0.1, 0.15) is 6.54 Å². The number of carbonyl (C=O) groups excluding carboxylic acids is 3. The molecule has 2 heterocycles. The molecule has 2 aromatic rings. The lowest BCUT2D eigenvalue weighted by atomic mass is 10.1. The van der Waals surface area contributed by atoms with E-state index in [0.29, 0.717) is 23.8 Å². The zero-order chi connectivity index (χ0) is 21.8. The van der Waals surface area contributed by atoms with E-state index in [-0.39, 0.29) is 6.54 Å². The lowest BCUT2D eigenvalue weighted by Gasteiger charge is -2.28. The Bertz CT molecular complexity index is 1020. The highest BCUT2D eigenvalue weighted by Gasteiger charge is 2.36. The number of ether oxygens (including phenoxy) is 1. The van der Waals surface area contributed by atoms with Crippen LogP contribution in [0.25, 0.3) is 6.08 Å². The van der Waals surface area contributed by atoms with Gasteiger partial charge in [-0.3, -0.25) is 19.3 Å². The normalized spacial score (nSPS) is 18.0. The van der Waals surface area contributed by atoms with E-state index < -0.39 is 17.1 Å². The van der Waals surface area contributed by atoms with Gasteiger partial charge in [-0.2, -0.15) is 0 Å². The molecule has 0 aromatic heterocycles. The fourth-order valence-corrected chi connectivity index (χ4v) is 4.37. The first-order valence-electron chi connectivity index (χ1n) is 9.73. The van der Waals surface area contributed by atoms with Crippen molar-refractivity contribution in [3.05, 3.63) is 63.5 Å². The molecular weight excluding hydrogens is 482 g/mol. The van der Waals surface area contributed by atoms with Crippen molar-refractivity contribution in [2.24, 2.45) is 0 Å². The molecule has 0 bridgehead atoms. The maximum absolute atomic E-state index is 12.7. The number of thioether (sulfide) groups is 1. The minimum Gasteiger partial charge on any atom is -0.378 e. The van der Waals surface area contributed by atoms with Crippen LogP contribution < -0.4 is 10.2 Å². The summed E-state index contributed by atoms with van der Waals surface area (Å²) in [5, 5.41) is 2.24. The lowest BCUT2D eigenvalue weighted by Crippen LogP contribution is -2.36. The van der Waals surface area contributed by atoms with E-state index in [1.807, 2.05) is 24.3 Å². The molecule has 0 saturated carbocycles. The van der Waals surface area contributed by atoms with Gasteiger partial charge in [0.2, 0.25) is 5.91 Å². The highest BCUT2D eigenvalue weighted by molar-refractivity contribution is 9.10. The molecule has 0 aliphatic carbocycles. The predicted octanol–water partition coefficient (Wildman–Crippen LogP) is 3.96. The Hall–Kier alpha value is -2.62. The zero-order valence-corrected chi connectivity index (χ0v) is 18.9. The number of nitrogens with zero attached hydrogens (tertiary/aromatic N) is 2. The number of halogens is 1. The third-order valence-electron chi connectivity index (χ3n) is 4.87. The SMILES string of the molecule is O=C(CN1C(=O)S/C(=C/c2ccc(N3CCOCC3)cc2)C1=O)Nc1ccc(Br)cc1. The number of nitrogens with one attached hydrogen (secondary N) is 1. The summed E-state index contributed by atoms with van der Waals surface area (Å²) in [6, 6.07) is 14.9. The van der Waals surface area contributed by atoms with Crippen molar-refractivity contribution in [3.63, 3.8) is 0 Å². The summed E-state index contributed by atoms with van der Waals surface area (Å²) >= 11 is 4.17. The number of morpholine rings is 1. The standard InChI is InChI=1S/C22H20BrN3O4S/c23-16-3-5-17(6-4-16)24-20(27)14-26-21(28)19(31-22(26)29)13-15-1-7-18(8-2-15)25-9-11-30-12-10-25/h1-8,13H,9-12,14H2,(H,24,27)/b19-13+. The Morgan fingerprint density at radius 1 is 1.06 bits per heavy atom. The summed E-state index contributed by atoms with van der Waals surface area (Å²) in [5.74, 6) is -0.890. The summed E-state index contributed by atoms with van der Waals surface area (Å²) in [6.07, 6.45) is 1.68. The van der Waals surface area contributed by atoms with Gasteiger partial charge in [-0.05, 0) is 59.8 Å². The molecule has 9 heteroatoms. The lowest BCUT2D eigenvalue weighted by molar-refractivity contribution is -0.127. The number of anilines is 2. The monoisotopic (exact) mass is 501 g/mol. The van der Waals surface area contributed by atoms with Crippen molar-refractivity contribution >= 4 is 62.2 Å². The molecule has 2 saturated heterocycles. The Morgan fingerprint density at radius 2 is 1.74 bits per heavy atom. The molecule has 3 amide bonds. The van der Waals surface area contributed by atoms with E-state index in [9.17, 15) is 14.4 Å². The molecule has 0 spiro atoms. The van der Waals surface area contributed by atoms with Crippen molar-refractivity contribution in [2.75, 3.05) is 43.1 Å². The number of benzene rings is 2. The van der Waals surface area contributed by atoms with Gasteiger partial charge in [-0.15, -0.1) is 0 Å². The quantitative estimate of drug-likeness (QED) is 0.624. The van der Waals surface area contributed by atoms with E-state index in [0.717, 1.165) is 45.5 Å². The number of hydrogen-bond acceptors (Lipinski definition) is 6. The number of rotatable bonds is 5. The number of imide groups is 1. The van der Waals surface area contributed by atoms with Gasteiger partial charge < -0.3 is 15.0 Å². The van der Waals surface area contributed by atoms with E-state index in [4.69, 9.17) is 4.74 Å². The molecule has 0 atom stereocenters. The number of carbonyl (C=O) groups is 3. The molecule has 2 aliphatic heterocycles. The van der Waals surface area contributed by atoms with Crippen LogP contribution in [0, 0.1) is 0 Å².